The summed E-state index contributed by atoms with van der Waals surface area (Å²) in [6.45, 7) is 0. The first-order chi connectivity index (χ1) is 11.6. The second-order valence-electron chi connectivity index (χ2n) is 6.95. The summed E-state index contributed by atoms with van der Waals surface area (Å²) in [5.74, 6) is 1.82. The van der Waals surface area contributed by atoms with Gasteiger partial charge >= 0.3 is 0 Å². The Kier molecular flexibility index (Phi) is 5.29. The molecule has 0 saturated carbocycles. The molecular formula is C19H28N2O3. The minimum atomic E-state index is 0.214. The SMILES string of the molecule is COc1ccc(OC)c(CCC(=O)N(C)C2CC3CCC(C2)N3)c1. The number of hydrogen-bond acceptors (Lipinski definition) is 4. The molecule has 5 heteroatoms. The lowest BCUT2D eigenvalue weighted by Crippen LogP contribution is -2.48. The maximum atomic E-state index is 12.6. The number of benzene rings is 1. The first-order valence-electron chi connectivity index (χ1n) is 8.83. The van der Waals surface area contributed by atoms with E-state index < -0.39 is 0 Å². The highest BCUT2D eigenvalue weighted by Crippen LogP contribution is 2.30. The van der Waals surface area contributed by atoms with Gasteiger partial charge in [-0.1, -0.05) is 0 Å². The van der Waals surface area contributed by atoms with E-state index in [2.05, 4.69) is 5.32 Å². The number of piperidine rings is 1. The topological polar surface area (TPSA) is 50.8 Å². The van der Waals surface area contributed by atoms with Crippen LogP contribution in [0.15, 0.2) is 18.2 Å². The summed E-state index contributed by atoms with van der Waals surface area (Å²) in [5, 5.41) is 3.63. The van der Waals surface area contributed by atoms with Crippen molar-refractivity contribution in [1.29, 1.82) is 0 Å². The summed E-state index contributed by atoms with van der Waals surface area (Å²) < 4.78 is 10.7. The summed E-state index contributed by atoms with van der Waals surface area (Å²) >= 11 is 0. The minimum absolute atomic E-state index is 0.214. The fraction of sp³-hybridized carbons (Fsp3) is 0.632. The fourth-order valence-electron chi connectivity index (χ4n) is 4.04. The summed E-state index contributed by atoms with van der Waals surface area (Å²) in [6.07, 6.45) is 5.84. The van der Waals surface area contributed by atoms with Crippen LogP contribution in [0.25, 0.3) is 0 Å². The van der Waals surface area contributed by atoms with Crippen LogP contribution in [0.3, 0.4) is 0 Å². The Labute approximate surface area is 144 Å². The van der Waals surface area contributed by atoms with Crippen LogP contribution < -0.4 is 14.8 Å². The Hall–Kier alpha value is -1.75. The van der Waals surface area contributed by atoms with Crippen molar-refractivity contribution < 1.29 is 14.3 Å². The number of carbonyl (C=O) groups excluding carboxylic acids is 1. The second-order valence-corrected chi connectivity index (χ2v) is 6.95. The van der Waals surface area contributed by atoms with E-state index in [0.29, 0.717) is 31.0 Å². The molecule has 2 fully saturated rings. The van der Waals surface area contributed by atoms with Crippen molar-refractivity contribution >= 4 is 5.91 Å². The normalized spacial score (nSPS) is 25.4. The van der Waals surface area contributed by atoms with Crippen LogP contribution in [0.1, 0.15) is 37.7 Å². The smallest absolute Gasteiger partial charge is 0.222 e. The van der Waals surface area contributed by atoms with Gasteiger partial charge in [-0.05, 0) is 55.9 Å². The summed E-state index contributed by atoms with van der Waals surface area (Å²) in [6, 6.07) is 7.30. The third-order valence-corrected chi connectivity index (χ3v) is 5.49. The lowest BCUT2D eigenvalue weighted by atomic mass is 9.98. The third kappa shape index (κ3) is 3.66. The van der Waals surface area contributed by atoms with Gasteiger partial charge < -0.3 is 19.7 Å². The van der Waals surface area contributed by atoms with E-state index in [-0.39, 0.29) is 5.91 Å². The molecule has 1 aromatic rings. The quantitative estimate of drug-likeness (QED) is 0.869. The molecule has 2 bridgehead atoms. The van der Waals surface area contributed by atoms with Crippen molar-refractivity contribution in [3.05, 3.63) is 23.8 Å². The number of hydrogen-bond donors (Lipinski definition) is 1. The Balaban J connectivity index is 1.59. The molecule has 2 aliphatic rings. The van der Waals surface area contributed by atoms with Crippen LogP contribution in [0.2, 0.25) is 0 Å². The van der Waals surface area contributed by atoms with Crippen molar-refractivity contribution in [1.82, 2.24) is 10.2 Å². The average molecular weight is 332 g/mol. The highest BCUT2D eigenvalue weighted by atomic mass is 16.5. The molecule has 1 amide bonds. The van der Waals surface area contributed by atoms with Gasteiger partial charge in [0.1, 0.15) is 11.5 Å². The Morgan fingerprint density at radius 2 is 1.92 bits per heavy atom. The summed E-state index contributed by atoms with van der Waals surface area (Å²) in [7, 11) is 5.26. The molecule has 2 heterocycles. The minimum Gasteiger partial charge on any atom is -0.497 e. The zero-order valence-electron chi connectivity index (χ0n) is 14.9. The van der Waals surface area contributed by atoms with E-state index >= 15 is 0 Å². The lowest BCUT2D eigenvalue weighted by Gasteiger charge is -2.35. The molecule has 132 valence electrons. The first-order valence-corrected chi connectivity index (χ1v) is 8.83. The van der Waals surface area contributed by atoms with Crippen molar-refractivity contribution in [2.24, 2.45) is 0 Å². The molecule has 0 radical (unpaired) electrons. The zero-order chi connectivity index (χ0) is 17.1. The average Bonchev–Trinajstić information content (AvgIpc) is 2.96. The maximum absolute atomic E-state index is 12.6. The monoisotopic (exact) mass is 332 g/mol. The molecule has 1 N–H and O–H groups in total. The molecule has 0 aromatic heterocycles. The largest absolute Gasteiger partial charge is 0.497 e. The van der Waals surface area contributed by atoms with Gasteiger partial charge in [-0.2, -0.15) is 0 Å². The molecule has 2 atom stereocenters. The fourth-order valence-corrected chi connectivity index (χ4v) is 4.04. The number of carbonyl (C=O) groups is 1. The van der Waals surface area contributed by atoms with Gasteiger partial charge in [0.2, 0.25) is 5.91 Å². The highest BCUT2D eigenvalue weighted by Gasteiger charge is 2.36. The van der Waals surface area contributed by atoms with Crippen LogP contribution >= 0.6 is 0 Å². The van der Waals surface area contributed by atoms with Crippen LogP contribution in [0.5, 0.6) is 11.5 Å². The van der Waals surface area contributed by atoms with Crippen molar-refractivity contribution in [2.75, 3.05) is 21.3 Å². The lowest BCUT2D eigenvalue weighted by molar-refractivity contribution is -0.132. The van der Waals surface area contributed by atoms with E-state index in [1.165, 1.54) is 12.8 Å². The van der Waals surface area contributed by atoms with Gasteiger partial charge in [0.25, 0.3) is 0 Å². The molecule has 0 aliphatic carbocycles. The molecule has 0 spiro atoms. The Morgan fingerprint density at radius 3 is 2.54 bits per heavy atom. The Morgan fingerprint density at radius 1 is 1.21 bits per heavy atom. The van der Waals surface area contributed by atoms with Gasteiger partial charge in [0.05, 0.1) is 14.2 Å². The predicted octanol–water partition coefficient (Wildman–Crippen LogP) is 2.38. The number of fused-ring (bicyclic) bond motifs is 2. The number of nitrogens with zero attached hydrogens (tertiary/aromatic N) is 1. The molecule has 3 rings (SSSR count). The number of ether oxygens (including phenoxy) is 2. The summed E-state index contributed by atoms with van der Waals surface area (Å²) in [5.41, 5.74) is 1.02. The van der Waals surface area contributed by atoms with Gasteiger partial charge in [-0.15, -0.1) is 0 Å². The zero-order valence-corrected chi connectivity index (χ0v) is 14.9. The van der Waals surface area contributed by atoms with Gasteiger partial charge in [-0.25, -0.2) is 0 Å². The van der Waals surface area contributed by atoms with Gasteiger partial charge in [-0.3, -0.25) is 4.79 Å². The van der Waals surface area contributed by atoms with E-state index in [1.54, 1.807) is 14.2 Å². The second kappa shape index (κ2) is 7.43. The van der Waals surface area contributed by atoms with Crippen molar-refractivity contribution in [3.8, 4) is 11.5 Å². The molecular weight excluding hydrogens is 304 g/mol. The van der Waals surface area contributed by atoms with E-state index in [1.807, 2.05) is 30.1 Å². The van der Waals surface area contributed by atoms with Gasteiger partial charge in [0, 0.05) is 31.6 Å². The maximum Gasteiger partial charge on any atom is 0.222 e. The third-order valence-electron chi connectivity index (χ3n) is 5.49. The number of nitrogens with one attached hydrogen (secondary N) is 1. The van der Waals surface area contributed by atoms with Crippen molar-refractivity contribution in [2.45, 2.75) is 56.7 Å². The number of amides is 1. The standard InChI is InChI=1S/C19H28N2O3/c1-21(16-11-14-5-6-15(12-16)20-14)19(22)9-4-13-10-17(23-2)7-8-18(13)24-3/h7-8,10,14-16,20H,4-6,9,11-12H2,1-3H3. The number of methoxy groups -OCH3 is 2. The van der Waals surface area contributed by atoms with Crippen LogP contribution in [-0.2, 0) is 11.2 Å². The van der Waals surface area contributed by atoms with Gasteiger partial charge in [0.15, 0.2) is 0 Å². The molecule has 2 saturated heterocycles. The number of aryl methyl sites for hydroxylation is 1. The first kappa shape index (κ1) is 17.1. The summed E-state index contributed by atoms with van der Waals surface area (Å²) in [4.78, 5) is 14.6. The van der Waals surface area contributed by atoms with Crippen molar-refractivity contribution in [3.63, 3.8) is 0 Å². The van der Waals surface area contributed by atoms with Crippen LogP contribution in [0, 0.1) is 0 Å². The molecule has 2 unspecified atom stereocenters. The predicted molar refractivity (Wildman–Crippen MR) is 93.6 cm³/mol. The molecule has 24 heavy (non-hydrogen) atoms. The van der Waals surface area contributed by atoms with E-state index in [0.717, 1.165) is 29.9 Å². The van der Waals surface area contributed by atoms with Crippen LogP contribution in [-0.4, -0.2) is 50.2 Å². The molecule has 2 aliphatic heterocycles. The molecule has 5 nitrogen and oxygen atoms in total. The number of rotatable bonds is 6. The molecule has 1 aromatic carbocycles. The van der Waals surface area contributed by atoms with E-state index in [4.69, 9.17) is 9.47 Å². The van der Waals surface area contributed by atoms with E-state index in [9.17, 15) is 4.79 Å². The van der Waals surface area contributed by atoms with Crippen LogP contribution in [0.4, 0.5) is 0 Å². The highest BCUT2D eigenvalue weighted by molar-refractivity contribution is 5.76. The Bertz CT molecular complexity index is 578.